The van der Waals surface area contributed by atoms with Crippen molar-refractivity contribution in [3.8, 4) is 11.5 Å². The lowest BCUT2D eigenvalue weighted by Gasteiger charge is -2.13. The zero-order chi connectivity index (χ0) is 12.3. The number of halogens is 1. The molecule has 0 heterocycles. The number of hydrogen-bond acceptors (Lipinski definition) is 4. The second kappa shape index (κ2) is 4.80. The number of rotatable bonds is 4. The number of nitrogens with two attached hydrogens (primary N) is 1. The highest BCUT2D eigenvalue weighted by Crippen LogP contribution is 2.33. The van der Waals surface area contributed by atoms with Crippen LogP contribution in [-0.4, -0.2) is 29.8 Å². The molecule has 0 fully saturated rings. The molecule has 0 bridgehead atoms. The first-order valence-corrected chi connectivity index (χ1v) is 4.51. The standard InChI is InChI=1S/C10H12FNO4/c1-16-7-3-2-5(9(13)8(7)11)6(4-12)10(14)15/h2-3,6,13H,4,12H2,1H3,(H,14,15). The van der Waals surface area contributed by atoms with Gasteiger partial charge >= 0.3 is 5.97 Å². The fraction of sp³-hybridized carbons (Fsp3) is 0.300. The highest BCUT2D eigenvalue weighted by Gasteiger charge is 2.24. The van der Waals surface area contributed by atoms with Gasteiger partial charge in [-0.15, -0.1) is 0 Å². The van der Waals surface area contributed by atoms with E-state index in [1.807, 2.05) is 0 Å². The first-order chi connectivity index (χ1) is 7.52. The van der Waals surface area contributed by atoms with Crippen molar-refractivity contribution in [2.45, 2.75) is 5.92 Å². The molecule has 16 heavy (non-hydrogen) atoms. The summed E-state index contributed by atoms with van der Waals surface area (Å²) in [5, 5.41) is 18.3. The summed E-state index contributed by atoms with van der Waals surface area (Å²) in [6.07, 6.45) is 0. The number of carbonyl (C=O) groups is 1. The number of ether oxygens (including phenoxy) is 1. The summed E-state index contributed by atoms with van der Waals surface area (Å²) >= 11 is 0. The minimum absolute atomic E-state index is 0.0618. The molecule has 0 aliphatic rings. The number of carboxylic acids is 1. The highest BCUT2D eigenvalue weighted by atomic mass is 19.1. The molecule has 1 rings (SSSR count). The van der Waals surface area contributed by atoms with Gasteiger partial charge in [0, 0.05) is 12.1 Å². The van der Waals surface area contributed by atoms with Crippen LogP contribution in [0.1, 0.15) is 11.5 Å². The van der Waals surface area contributed by atoms with Crippen molar-refractivity contribution in [3.63, 3.8) is 0 Å². The Kier molecular flexibility index (Phi) is 3.68. The molecule has 1 aromatic carbocycles. The van der Waals surface area contributed by atoms with Crippen molar-refractivity contribution in [2.75, 3.05) is 13.7 Å². The Balaban J connectivity index is 3.25. The van der Waals surface area contributed by atoms with Gasteiger partial charge < -0.3 is 20.7 Å². The Morgan fingerprint density at radius 1 is 1.62 bits per heavy atom. The largest absolute Gasteiger partial charge is 0.505 e. The topological polar surface area (TPSA) is 92.8 Å². The Bertz CT molecular complexity index is 408. The maximum atomic E-state index is 13.4. The molecule has 1 aromatic rings. The summed E-state index contributed by atoms with van der Waals surface area (Å²) in [5.74, 6) is -4.23. The van der Waals surface area contributed by atoms with Gasteiger partial charge in [-0.05, 0) is 6.07 Å². The zero-order valence-electron chi connectivity index (χ0n) is 8.61. The van der Waals surface area contributed by atoms with E-state index < -0.39 is 23.5 Å². The molecule has 0 aromatic heterocycles. The van der Waals surface area contributed by atoms with Crippen molar-refractivity contribution in [1.82, 2.24) is 0 Å². The number of aromatic hydroxyl groups is 1. The Morgan fingerprint density at radius 3 is 2.69 bits per heavy atom. The third kappa shape index (κ3) is 2.06. The molecule has 4 N–H and O–H groups in total. The van der Waals surface area contributed by atoms with Crippen molar-refractivity contribution < 1.29 is 24.1 Å². The van der Waals surface area contributed by atoms with E-state index in [-0.39, 0.29) is 17.9 Å². The van der Waals surface area contributed by atoms with Crippen LogP contribution in [-0.2, 0) is 4.79 Å². The first-order valence-electron chi connectivity index (χ1n) is 4.51. The van der Waals surface area contributed by atoms with E-state index in [2.05, 4.69) is 4.74 Å². The van der Waals surface area contributed by atoms with Crippen LogP contribution < -0.4 is 10.5 Å². The van der Waals surface area contributed by atoms with Crippen LogP contribution in [0, 0.1) is 5.82 Å². The predicted octanol–water partition coefficient (Wildman–Crippen LogP) is 0.667. The van der Waals surface area contributed by atoms with Gasteiger partial charge in [0.05, 0.1) is 13.0 Å². The molecule has 0 saturated heterocycles. The van der Waals surface area contributed by atoms with Gasteiger partial charge in [0.1, 0.15) is 0 Å². The van der Waals surface area contributed by atoms with Gasteiger partial charge in [-0.2, -0.15) is 4.39 Å². The maximum absolute atomic E-state index is 13.4. The lowest BCUT2D eigenvalue weighted by Crippen LogP contribution is -2.21. The summed E-state index contributed by atoms with van der Waals surface area (Å²) in [6.45, 7) is -0.228. The molecule has 0 aliphatic carbocycles. The molecule has 1 unspecified atom stereocenters. The normalized spacial score (nSPS) is 12.2. The molecular weight excluding hydrogens is 217 g/mol. The van der Waals surface area contributed by atoms with Gasteiger partial charge in [0.2, 0.25) is 5.82 Å². The molecule has 5 nitrogen and oxygen atoms in total. The first kappa shape index (κ1) is 12.3. The SMILES string of the molecule is COc1ccc(C(CN)C(=O)O)c(O)c1F. The van der Waals surface area contributed by atoms with E-state index in [0.717, 1.165) is 0 Å². The average Bonchev–Trinajstić information content (AvgIpc) is 2.25. The van der Waals surface area contributed by atoms with E-state index in [0.29, 0.717) is 0 Å². The van der Waals surface area contributed by atoms with Crippen LogP contribution in [0.3, 0.4) is 0 Å². The minimum Gasteiger partial charge on any atom is -0.505 e. The smallest absolute Gasteiger partial charge is 0.312 e. The Hall–Kier alpha value is -1.82. The number of benzene rings is 1. The summed E-state index contributed by atoms with van der Waals surface area (Å²) in [4.78, 5) is 10.8. The van der Waals surface area contributed by atoms with Gasteiger partial charge in [-0.3, -0.25) is 4.79 Å². The van der Waals surface area contributed by atoms with E-state index in [1.165, 1.54) is 19.2 Å². The second-order valence-electron chi connectivity index (χ2n) is 3.15. The molecule has 0 saturated carbocycles. The van der Waals surface area contributed by atoms with Crippen molar-refractivity contribution in [3.05, 3.63) is 23.5 Å². The molecule has 0 radical (unpaired) electrons. The number of aliphatic carboxylic acids is 1. The van der Waals surface area contributed by atoms with Gasteiger partial charge in [0.15, 0.2) is 11.5 Å². The molecular formula is C10H12FNO4. The van der Waals surface area contributed by atoms with Gasteiger partial charge in [-0.1, -0.05) is 6.07 Å². The van der Waals surface area contributed by atoms with Crippen molar-refractivity contribution >= 4 is 5.97 Å². The van der Waals surface area contributed by atoms with Crippen LogP contribution in [0.4, 0.5) is 4.39 Å². The summed E-state index contributed by atoms with van der Waals surface area (Å²) in [5.41, 5.74) is 5.19. The van der Waals surface area contributed by atoms with Crippen molar-refractivity contribution in [1.29, 1.82) is 0 Å². The zero-order valence-corrected chi connectivity index (χ0v) is 8.61. The van der Waals surface area contributed by atoms with E-state index in [1.54, 1.807) is 0 Å². The molecule has 0 spiro atoms. The fourth-order valence-electron chi connectivity index (χ4n) is 1.36. The lowest BCUT2D eigenvalue weighted by molar-refractivity contribution is -0.138. The molecule has 0 amide bonds. The van der Waals surface area contributed by atoms with E-state index in [9.17, 15) is 14.3 Å². The number of methoxy groups -OCH3 is 1. The van der Waals surface area contributed by atoms with Crippen LogP contribution in [0.2, 0.25) is 0 Å². The van der Waals surface area contributed by atoms with E-state index in [4.69, 9.17) is 10.8 Å². The maximum Gasteiger partial charge on any atom is 0.312 e. The Labute approximate surface area is 91.3 Å². The van der Waals surface area contributed by atoms with Crippen LogP contribution in [0.15, 0.2) is 12.1 Å². The number of carboxylic acid groups (broad SMARTS) is 1. The molecule has 0 aliphatic heterocycles. The number of hydrogen-bond donors (Lipinski definition) is 3. The number of phenolic OH excluding ortho intramolecular Hbond substituents is 1. The van der Waals surface area contributed by atoms with Gasteiger partial charge in [0.25, 0.3) is 0 Å². The second-order valence-corrected chi connectivity index (χ2v) is 3.15. The van der Waals surface area contributed by atoms with Gasteiger partial charge in [-0.25, -0.2) is 0 Å². The van der Waals surface area contributed by atoms with Crippen LogP contribution in [0.25, 0.3) is 0 Å². The molecule has 1 atom stereocenters. The highest BCUT2D eigenvalue weighted by molar-refractivity contribution is 5.77. The third-order valence-electron chi connectivity index (χ3n) is 2.24. The van der Waals surface area contributed by atoms with E-state index >= 15 is 0 Å². The lowest BCUT2D eigenvalue weighted by atomic mass is 9.98. The molecule has 6 heteroatoms. The van der Waals surface area contributed by atoms with Crippen LogP contribution >= 0.6 is 0 Å². The summed E-state index contributed by atoms with van der Waals surface area (Å²) in [7, 11) is 1.25. The minimum atomic E-state index is -1.22. The summed E-state index contributed by atoms with van der Waals surface area (Å²) < 4.78 is 18.1. The average molecular weight is 229 g/mol. The van der Waals surface area contributed by atoms with Crippen LogP contribution in [0.5, 0.6) is 11.5 Å². The monoisotopic (exact) mass is 229 g/mol. The quantitative estimate of drug-likeness (QED) is 0.705. The molecule has 88 valence electrons. The number of phenols is 1. The third-order valence-corrected chi connectivity index (χ3v) is 2.24. The van der Waals surface area contributed by atoms with Crippen molar-refractivity contribution in [2.24, 2.45) is 5.73 Å². The summed E-state index contributed by atoms with van der Waals surface area (Å²) in [6, 6.07) is 2.53. The Morgan fingerprint density at radius 2 is 2.25 bits per heavy atom. The fourth-order valence-corrected chi connectivity index (χ4v) is 1.36. The predicted molar refractivity (Wildman–Crippen MR) is 54.0 cm³/mol.